The molecule has 2 bridgehead atoms. The third-order valence-electron chi connectivity index (χ3n) is 5.88. The number of esters is 1. The van der Waals surface area contributed by atoms with Gasteiger partial charge >= 0.3 is 5.97 Å². The van der Waals surface area contributed by atoms with Gasteiger partial charge in [0.1, 0.15) is 5.67 Å². The number of rotatable bonds is 4. The summed E-state index contributed by atoms with van der Waals surface area (Å²) in [5.74, 6) is -0.415. The van der Waals surface area contributed by atoms with Crippen molar-refractivity contribution in [2.45, 2.75) is 38.8 Å². The first-order valence-electron chi connectivity index (χ1n) is 7.86. The molecule has 1 aromatic carbocycles. The van der Waals surface area contributed by atoms with E-state index in [0.29, 0.717) is 12.3 Å². The van der Waals surface area contributed by atoms with Gasteiger partial charge in [0, 0.05) is 23.5 Å². The van der Waals surface area contributed by atoms with Gasteiger partial charge in [0.25, 0.3) is 5.69 Å². The zero-order valence-corrected chi connectivity index (χ0v) is 13.3. The number of ether oxygens (including phenoxy) is 1. The summed E-state index contributed by atoms with van der Waals surface area (Å²) in [6.07, 6.45) is 2.26. The molecule has 4 rings (SSSR count). The summed E-state index contributed by atoms with van der Waals surface area (Å²) in [4.78, 5) is 22.1. The predicted molar refractivity (Wildman–Crippen MR) is 81.8 cm³/mol. The predicted octanol–water partition coefficient (Wildman–Crippen LogP) is 3.92. The van der Waals surface area contributed by atoms with E-state index in [1.54, 1.807) is 0 Å². The maximum absolute atomic E-state index is 15.1. The number of hydrogen-bond donors (Lipinski definition) is 0. The van der Waals surface area contributed by atoms with Crippen LogP contribution >= 0.6 is 0 Å². The van der Waals surface area contributed by atoms with Gasteiger partial charge in [-0.1, -0.05) is 13.8 Å². The molecule has 1 aromatic rings. The molecular formula is C17H20FNO4. The summed E-state index contributed by atoms with van der Waals surface area (Å²) >= 11 is 0. The number of nitro benzene ring substituents is 1. The number of nitrogens with zero attached hydrogens (tertiary/aromatic N) is 1. The molecular weight excluding hydrogens is 301 g/mol. The largest absolute Gasteiger partial charge is 0.462 e. The lowest BCUT2D eigenvalue weighted by atomic mass is 9.43. The second-order valence-electron chi connectivity index (χ2n) is 7.16. The van der Waals surface area contributed by atoms with Crippen molar-refractivity contribution in [3.63, 3.8) is 0 Å². The fourth-order valence-corrected chi connectivity index (χ4v) is 4.07. The zero-order valence-electron chi connectivity index (χ0n) is 13.3. The van der Waals surface area contributed by atoms with Crippen molar-refractivity contribution in [2.75, 3.05) is 6.61 Å². The molecule has 3 aliphatic carbocycles. The summed E-state index contributed by atoms with van der Waals surface area (Å²) in [5, 5.41) is 10.6. The van der Waals surface area contributed by atoms with Crippen molar-refractivity contribution in [2.24, 2.45) is 17.3 Å². The standard InChI is InChI=1S/C17H20FNO4/c1-16(2)12-5-6-13(17(16,18)9-12)10-23-15(20)11-3-7-14(8-4-11)19(21)22/h3-4,7-8,12-13H,5-6,9-10H2,1-2H3. The smallest absolute Gasteiger partial charge is 0.338 e. The number of hydrogen-bond acceptors (Lipinski definition) is 4. The van der Waals surface area contributed by atoms with E-state index < -0.39 is 16.6 Å². The molecule has 0 saturated heterocycles. The highest BCUT2D eigenvalue weighted by molar-refractivity contribution is 5.89. The number of halogens is 1. The molecule has 0 radical (unpaired) electrons. The molecule has 6 heteroatoms. The summed E-state index contributed by atoms with van der Waals surface area (Å²) in [6, 6.07) is 5.23. The van der Waals surface area contributed by atoms with E-state index in [2.05, 4.69) is 0 Å². The minimum absolute atomic E-state index is 0.0580. The minimum Gasteiger partial charge on any atom is -0.462 e. The number of nitro groups is 1. The Morgan fingerprint density at radius 3 is 2.57 bits per heavy atom. The average molecular weight is 321 g/mol. The quantitative estimate of drug-likeness (QED) is 0.479. The van der Waals surface area contributed by atoms with E-state index in [-0.39, 0.29) is 29.2 Å². The fraction of sp³-hybridized carbons (Fsp3) is 0.588. The summed E-state index contributed by atoms with van der Waals surface area (Å²) in [6.45, 7) is 3.96. The number of fused-ring (bicyclic) bond motifs is 2. The topological polar surface area (TPSA) is 69.4 Å². The molecule has 0 aromatic heterocycles. The van der Waals surface area contributed by atoms with Crippen molar-refractivity contribution in [3.05, 3.63) is 39.9 Å². The highest BCUT2D eigenvalue weighted by Gasteiger charge is 2.66. The molecule has 0 N–H and O–H groups in total. The molecule has 23 heavy (non-hydrogen) atoms. The van der Waals surface area contributed by atoms with E-state index in [1.807, 2.05) is 13.8 Å². The van der Waals surface area contributed by atoms with Gasteiger partial charge in [-0.25, -0.2) is 9.18 Å². The number of carbonyl (C=O) groups excluding carboxylic acids is 1. The highest BCUT2D eigenvalue weighted by atomic mass is 19.1. The molecule has 0 amide bonds. The maximum atomic E-state index is 15.1. The lowest BCUT2D eigenvalue weighted by Crippen LogP contribution is -2.65. The van der Waals surface area contributed by atoms with Crippen molar-refractivity contribution in [3.8, 4) is 0 Å². The average Bonchev–Trinajstić information content (AvgIpc) is 2.53. The third kappa shape index (κ3) is 2.40. The fourth-order valence-electron chi connectivity index (χ4n) is 4.07. The van der Waals surface area contributed by atoms with E-state index in [4.69, 9.17) is 4.74 Å². The Morgan fingerprint density at radius 2 is 2.00 bits per heavy atom. The highest BCUT2D eigenvalue weighted by Crippen LogP contribution is 2.66. The van der Waals surface area contributed by atoms with Crippen LogP contribution in [0, 0.1) is 27.4 Å². The maximum Gasteiger partial charge on any atom is 0.338 e. The first-order valence-corrected chi connectivity index (χ1v) is 7.86. The van der Waals surface area contributed by atoms with Gasteiger partial charge in [0.15, 0.2) is 0 Å². The van der Waals surface area contributed by atoms with E-state index >= 15 is 4.39 Å². The monoisotopic (exact) mass is 321 g/mol. The van der Waals surface area contributed by atoms with Crippen LogP contribution in [0.2, 0.25) is 0 Å². The van der Waals surface area contributed by atoms with Crippen molar-refractivity contribution in [1.82, 2.24) is 0 Å². The Bertz CT molecular complexity index is 642. The van der Waals surface area contributed by atoms with Gasteiger partial charge in [-0.15, -0.1) is 0 Å². The SMILES string of the molecule is CC1(C)C2CCC(COC(=O)c3ccc([N+](=O)[O-])cc3)C1(F)C2. The van der Waals surface area contributed by atoms with Crippen LogP contribution in [-0.4, -0.2) is 23.2 Å². The number of alkyl halides is 1. The van der Waals surface area contributed by atoms with Crippen molar-refractivity contribution in [1.29, 1.82) is 0 Å². The van der Waals surface area contributed by atoms with Crippen LogP contribution in [0.4, 0.5) is 10.1 Å². The minimum atomic E-state index is -1.26. The lowest BCUT2D eigenvalue weighted by molar-refractivity contribution is -0.384. The molecule has 3 atom stereocenters. The van der Waals surface area contributed by atoms with Crippen LogP contribution in [0.3, 0.4) is 0 Å². The Kier molecular flexibility index (Phi) is 3.65. The third-order valence-corrected chi connectivity index (χ3v) is 5.88. The molecule has 3 saturated carbocycles. The number of carbonyl (C=O) groups is 1. The molecule has 3 unspecified atom stereocenters. The van der Waals surface area contributed by atoms with Crippen LogP contribution in [0.5, 0.6) is 0 Å². The summed E-state index contributed by atoms with van der Waals surface area (Å²) in [7, 11) is 0. The lowest BCUT2D eigenvalue weighted by Gasteiger charge is -2.64. The second kappa shape index (κ2) is 5.28. The normalized spacial score (nSPS) is 31.1. The van der Waals surface area contributed by atoms with E-state index in [1.165, 1.54) is 24.3 Å². The van der Waals surface area contributed by atoms with Crippen LogP contribution in [-0.2, 0) is 4.74 Å². The molecule has 124 valence electrons. The van der Waals surface area contributed by atoms with Gasteiger partial charge in [-0.2, -0.15) is 0 Å². The Balaban J connectivity index is 1.62. The van der Waals surface area contributed by atoms with Gasteiger partial charge in [0.2, 0.25) is 0 Å². The van der Waals surface area contributed by atoms with Crippen LogP contribution in [0.15, 0.2) is 24.3 Å². The molecule has 3 fully saturated rings. The molecule has 0 spiro atoms. The number of non-ortho nitro benzene ring substituents is 1. The summed E-state index contributed by atoms with van der Waals surface area (Å²) in [5.41, 5.74) is -1.45. The Morgan fingerprint density at radius 1 is 1.35 bits per heavy atom. The second-order valence-corrected chi connectivity index (χ2v) is 7.16. The molecule has 0 heterocycles. The first-order chi connectivity index (χ1) is 10.8. The van der Waals surface area contributed by atoms with Gasteiger partial charge in [-0.3, -0.25) is 10.1 Å². The van der Waals surface area contributed by atoms with Gasteiger partial charge in [0.05, 0.1) is 17.1 Å². The van der Waals surface area contributed by atoms with E-state index in [9.17, 15) is 14.9 Å². The van der Waals surface area contributed by atoms with Crippen LogP contribution in [0.25, 0.3) is 0 Å². The van der Waals surface area contributed by atoms with Crippen molar-refractivity contribution < 1.29 is 18.8 Å². The summed E-state index contributed by atoms with van der Waals surface area (Å²) < 4.78 is 20.4. The molecule has 5 nitrogen and oxygen atoms in total. The van der Waals surface area contributed by atoms with Crippen LogP contribution in [0.1, 0.15) is 43.5 Å². The number of benzene rings is 1. The van der Waals surface area contributed by atoms with Gasteiger partial charge < -0.3 is 4.74 Å². The van der Waals surface area contributed by atoms with Crippen molar-refractivity contribution >= 4 is 11.7 Å². The molecule has 0 aliphatic heterocycles. The Hall–Kier alpha value is -1.98. The molecule has 3 aliphatic rings. The van der Waals surface area contributed by atoms with Gasteiger partial charge in [-0.05, 0) is 37.3 Å². The zero-order chi connectivity index (χ0) is 16.8. The first kappa shape index (κ1) is 15.9. The van der Waals surface area contributed by atoms with Crippen LogP contribution < -0.4 is 0 Å². The Labute approximate surface area is 134 Å². The van der Waals surface area contributed by atoms with E-state index in [0.717, 1.165) is 12.8 Å².